The zero-order chi connectivity index (χ0) is 25.4. The van der Waals surface area contributed by atoms with Crippen LogP contribution in [0, 0.1) is 0 Å². The fourth-order valence-corrected chi connectivity index (χ4v) is 5.09. The van der Waals surface area contributed by atoms with E-state index >= 15 is 0 Å². The van der Waals surface area contributed by atoms with Crippen LogP contribution in [-0.4, -0.2) is 71.9 Å². The highest BCUT2D eigenvalue weighted by molar-refractivity contribution is 7.90. The maximum absolute atomic E-state index is 12.4. The van der Waals surface area contributed by atoms with Gasteiger partial charge in [-0.15, -0.1) is 0 Å². The van der Waals surface area contributed by atoms with Gasteiger partial charge in [-0.05, 0) is 49.0 Å². The van der Waals surface area contributed by atoms with E-state index in [1.54, 1.807) is 12.1 Å². The van der Waals surface area contributed by atoms with Crippen LogP contribution in [0.4, 0.5) is 23.1 Å². The van der Waals surface area contributed by atoms with Crippen LogP contribution in [-0.2, 0) is 9.84 Å². The quantitative estimate of drug-likeness (QED) is 0.411. The second-order valence-corrected chi connectivity index (χ2v) is 11.5. The third-order valence-corrected chi connectivity index (χ3v) is 7.64. The average molecular weight is 506 g/mol. The van der Waals surface area contributed by atoms with Crippen molar-refractivity contribution in [1.82, 2.24) is 9.88 Å². The van der Waals surface area contributed by atoms with Crippen LogP contribution in [0.1, 0.15) is 0 Å². The van der Waals surface area contributed by atoms with Crippen molar-refractivity contribution in [3.63, 3.8) is 0 Å². The first-order valence-corrected chi connectivity index (χ1v) is 13.8. The van der Waals surface area contributed by atoms with Crippen LogP contribution in [0.25, 0.3) is 22.2 Å². The molecule has 188 valence electrons. The molecule has 1 saturated heterocycles. The number of anilines is 4. The van der Waals surface area contributed by atoms with Crippen molar-refractivity contribution in [2.75, 3.05) is 68.7 Å². The van der Waals surface area contributed by atoms with Gasteiger partial charge in [-0.25, -0.2) is 8.42 Å². The van der Waals surface area contributed by atoms with E-state index in [1.807, 2.05) is 38.4 Å². The van der Waals surface area contributed by atoms with Gasteiger partial charge in [0.1, 0.15) is 5.52 Å². The summed E-state index contributed by atoms with van der Waals surface area (Å²) in [6, 6.07) is 19.8. The minimum atomic E-state index is -3.40. The number of likely N-dealkylation sites (N-methyl/N-ethyl adjacent to an activating group) is 1. The van der Waals surface area contributed by atoms with Crippen molar-refractivity contribution in [2.24, 2.45) is 0 Å². The Balaban J connectivity index is 1.49. The maximum atomic E-state index is 12.4. The summed E-state index contributed by atoms with van der Waals surface area (Å²) in [7, 11) is 2.72. The second kappa shape index (κ2) is 9.48. The number of para-hydroxylation sites is 1. The molecule has 8 nitrogen and oxygen atoms in total. The predicted molar refractivity (Wildman–Crippen MR) is 146 cm³/mol. The van der Waals surface area contributed by atoms with Gasteiger partial charge in [0, 0.05) is 69.2 Å². The van der Waals surface area contributed by atoms with Gasteiger partial charge in [-0.1, -0.05) is 24.3 Å². The summed E-state index contributed by atoms with van der Waals surface area (Å²) >= 11 is 0. The van der Waals surface area contributed by atoms with E-state index in [1.165, 1.54) is 6.26 Å². The number of sulfone groups is 1. The highest BCUT2D eigenvalue weighted by Crippen LogP contribution is 2.34. The number of aromatic nitrogens is 1. The van der Waals surface area contributed by atoms with E-state index in [-0.39, 0.29) is 4.90 Å². The zero-order valence-electron chi connectivity index (χ0n) is 21.0. The van der Waals surface area contributed by atoms with Crippen molar-refractivity contribution >= 4 is 44.0 Å². The molecule has 0 spiro atoms. The molecule has 36 heavy (non-hydrogen) atoms. The van der Waals surface area contributed by atoms with Gasteiger partial charge in [-0.3, -0.25) is 0 Å². The smallest absolute Gasteiger partial charge is 0.300 e. The lowest BCUT2D eigenvalue weighted by molar-refractivity contribution is 0.313. The number of benzene rings is 3. The first-order chi connectivity index (χ1) is 17.2. The first kappa shape index (κ1) is 24.1. The normalized spacial score (nSPS) is 14.8. The number of nitrogens with one attached hydrogen (secondary N) is 1. The van der Waals surface area contributed by atoms with Gasteiger partial charge < -0.3 is 24.4 Å². The monoisotopic (exact) mass is 505 g/mol. The second-order valence-electron chi connectivity index (χ2n) is 9.52. The van der Waals surface area contributed by atoms with E-state index in [9.17, 15) is 8.42 Å². The van der Waals surface area contributed by atoms with Crippen LogP contribution >= 0.6 is 0 Å². The van der Waals surface area contributed by atoms with Crippen molar-refractivity contribution < 1.29 is 12.8 Å². The lowest BCUT2D eigenvalue weighted by Gasteiger charge is -2.34. The Bertz CT molecular complexity index is 1490. The molecule has 4 aromatic rings. The molecule has 0 saturated carbocycles. The predicted octanol–water partition coefficient (Wildman–Crippen LogP) is 4.46. The molecule has 0 atom stereocenters. The van der Waals surface area contributed by atoms with Gasteiger partial charge in [0.2, 0.25) is 0 Å². The van der Waals surface area contributed by atoms with E-state index in [4.69, 9.17) is 4.42 Å². The van der Waals surface area contributed by atoms with Crippen molar-refractivity contribution in [2.45, 2.75) is 4.90 Å². The third-order valence-electron chi connectivity index (χ3n) is 6.55. The molecule has 1 N–H and O–H groups in total. The Kier molecular flexibility index (Phi) is 6.36. The summed E-state index contributed by atoms with van der Waals surface area (Å²) in [5, 5.41) is 3.21. The zero-order valence-corrected chi connectivity index (χ0v) is 21.8. The number of hydrogen-bond acceptors (Lipinski definition) is 8. The molecule has 0 bridgehead atoms. The molecule has 9 heteroatoms. The van der Waals surface area contributed by atoms with Gasteiger partial charge in [-0.2, -0.15) is 4.98 Å². The molecule has 5 rings (SSSR count). The first-order valence-electron chi connectivity index (χ1n) is 11.9. The summed E-state index contributed by atoms with van der Waals surface area (Å²) in [6.45, 7) is 3.52. The van der Waals surface area contributed by atoms with Gasteiger partial charge >= 0.3 is 0 Å². The van der Waals surface area contributed by atoms with Gasteiger partial charge in [0.05, 0.1) is 4.90 Å². The molecule has 3 aromatic carbocycles. The van der Waals surface area contributed by atoms with Crippen LogP contribution in [0.5, 0.6) is 0 Å². The summed E-state index contributed by atoms with van der Waals surface area (Å²) in [6.07, 6.45) is 1.23. The van der Waals surface area contributed by atoms with Gasteiger partial charge in [0.25, 0.3) is 6.01 Å². The van der Waals surface area contributed by atoms with Crippen LogP contribution in [0.2, 0.25) is 0 Å². The van der Waals surface area contributed by atoms with Crippen LogP contribution in [0.15, 0.2) is 70.0 Å². The fourth-order valence-electron chi connectivity index (χ4n) is 4.41. The molecular weight excluding hydrogens is 474 g/mol. The Morgan fingerprint density at radius 3 is 2.36 bits per heavy atom. The summed E-state index contributed by atoms with van der Waals surface area (Å²) in [5.41, 5.74) is 5.99. The Morgan fingerprint density at radius 2 is 1.69 bits per heavy atom. The molecule has 0 radical (unpaired) electrons. The van der Waals surface area contributed by atoms with Gasteiger partial charge in [0.15, 0.2) is 15.4 Å². The Morgan fingerprint density at radius 1 is 0.972 bits per heavy atom. The van der Waals surface area contributed by atoms with E-state index in [2.05, 4.69) is 56.3 Å². The molecule has 0 amide bonds. The number of hydrogen-bond donors (Lipinski definition) is 1. The largest absolute Gasteiger partial charge is 0.423 e. The molecule has 1 aliphatic rings. The SMILES string of the molecule is CN1CCN(c2cc(Nc3nc4cccc(-c5ccc(N(C)C)cc5)c4o3)cc(S(C)(=O)=O)c2)CC1. The highest BCUT2D eigenvalue weighted by Gasteiger charge is 2.19. The molecule has 1 aromatic heterocycles. The molecule has 2 heterocycles. The number of fused-ring (bicyclic) bond motifs is 1. The Hall–Kier alpha value is -3.56. The Labute approximate surface area is 212 Å². The third kappa shape index (κ3) is 5.03. The van der Waals surface area contributed by atoms with E-state index in [0.717, 1.165) is 54.2 Å². The topological polar surface area (TPSA) is 81.9 Å². The molecule has 1 fully saturated rings. The summed E-state index contributed by atoms with van der Waals surface area (Å²) in [4.78, 5) is 11.4. The fraction of sp³-hybridized carbons (Fsp3) is 0.296. The average Bonchev–Trinajstić information content (AvgIpc) is 3.26. The molecule has 1 aliphatic heterocycles. The lowest BCUT2D eigenvalue weighted by Crippen LogP contribution is -2.44. The lowest BCUT2D eigenvalue weighted by atomic mass is 10.0. The maximum Gasteiger partial charge on any atom is 0.300 e. The summed E-state index contributed by atoms with van der Waals surface area (Å²) in [5.74, 6) is 0. The minimum absolute atomic E-state index is 0.263. The number of oxazole rings is 1. The van der Waals surface area contributed by atoms with Crippen LogP contribution < -0.4 is 15.1 Å². The standard InChI is InChI=1S/C27H31N5O3S/c1-30(2)21-10-8-19(9-11-21)24-6-5-7-25-26(24)35-27(29-25)28-20-16-22(18-23(17-20)36(4,33)34)32-14-12-31(3)13-15-32/h5-11,16-18H,12-15H2,1-4H3,(H,28,29). The molecule has 0 aliphatic carbocycles. The van der Waals surface area contributed by atoms with Crippen LogP contribution in [0.3, 0.4) is 0 Å². The molecule has 0 unspecified atom stereocenters. The number of nitrogens with zero attached hydrogens (tertiary/aromatic N) is 4. The van der Waals surface area contributed by atoms with E-state index < -0.39 is 9.84 Å². The number of rotatable bonds is 6. The van der Waals surface area contributed by atoms with Crippen molar-refractivity contribution in [1.29, 1.82) is 0 Å². The summed E-state index contributed by atoms with van der Waals surface area (Å²) < 4.78 is 31.0. The van der Waals surface area contributed by atoms with Crippen molar-refractivity contribution in [3.8, 4) is 11.1 Å². The minimum Gasteiger partial charge on any atom is -0.423 e. The highest BCUT2D eigenvalue weighted by atomic mass is 32.2. The van der Waals surface area contributed by atoms with E-state index in [0.29, 0.717) is 17.3 Å². The van der Waals surface area contributed by atoms with Crippen molar-refractivity contribution in [3.05, 3.63) is 60.7 Å². The number of piperazine rings is 1. The molecular formula is C27H31N5O3S.